The van der Waals surface area contributed by atoms with Crippen molar-refractivity contribution >= 4 is 38.4 Å². The zero-order valence-corrected chi connectivity index (χ0v) is 18.9. The van der Waals surface area contributed by atoms with Crippen LogP contribution in [0.1, 0.15) is 13.8 Å². The SMILES string of the molecule is Cn1nc(-c2cc(N3C(=O)OCC3(C)C)ccn2)c2cccc(NS(=O)(=O)c3cn[nH]c3)c21. The zero-order chi connectivity index (χ0) is 23.4. The normalized spacial score (nSPS) is 15.7. The minimum atomic E-state index is -3.83. The summed E-state index contributed by atoms with van der Waals surface area (Å²) in [5, 5.41) is 11.5. The largest absolute Gasteiger partial charge is 0.447 e. The minimum absolute atomic E-state index is 0.0244. The number of nitrogens with zero attached hydrogens (tertiary/aromatic N) is 5. The van der Waals surface area contributed by atoms with Gasteiger partial charge in [0.25, 0.3) is 10.0 Å². The van der Waals surface area contributed by atoms with Crippen molar-refractivity contribution in [2.75, 3.05) is 16.2 Å². The van der Waals surface area contributed by atoms with Crippen molar-refractivity contribution in [1.82, 2.24) is 25.0 Å². The lowest BCUT2D eigenvalue weighted by molar-refractivity contribution is 0.175. The average Bonchev–Trinajstić information content (AvgIpc) is 3.47. The van der Waals surface area contributed by atoms with Crippen LogP contribution in [-0.2, 0) is 21.8 Å². The molecule has 1 aromatic carbocycles. The fourth-order valence-electron chi connectivity index (χ4n) is 3.96. The first-order chi connectivity index (χ1) is 15.7. The highest BCUT2D eigenvalue weighted by Gasteiger charge is 2.41. The van der Waals surface area contributed by atoms with E-state index in [2.05, 4.69) is 25.0 Å². The number of hydrogen-bond donors (Lipinski definition) is 2. The summed E-state index contributed by atoms with van der Waals surface area (Å²) < 4.78 is 34.9. The lowest BCUT2D eigenvalue weighted by atomic mass is 10.0. The number of benzene rings is 1. The lowest BCUT2D eigenvalue weighted by Crippen LogP contribution is -2.42. The van der Waals surface area contributed by atoms with Crippen molar-refractivity contribution in [1.29, 1.82) is 0 Å². The topological polar surface area (TPSA) is 135 Å². The summed E-state index contributed by atoms with van der Waals surface area (Å²) in [5.41, 5.74) is 2.21. The first-order valence-corrected chi connectivity index (χ1v) is 11.6. The van der Waals surface area contributed by atoms with Crippen LogP contribution < -0.4 is 9.62 Å². The molecule has 12 heteroatoms. The molecule has 1 aliphatic heterocycles. The van der Waals surface area contributed by atoms with Crippen molar-refractivity contribution in [2.45, 2.75) is 24.3 Å². The van der Waals surface area contributed by atoms with Crippen LogP contribution in [0.5, 0.6) is 0 Å². The number of carbonyl (C=O) groups is 1. The van der Waals surface area contributed by atoms with E-state index in [-0.39, 0.29) is 11.5 Å². The number of H-pyrrole nitrogens is 1. The molecule has 0 aliphatic carbocycles. The van der Waals surface area contributed by atoms with Gasteiger partial charge in [0.05, 0.1) is 34.3 Å². The minimum Gasteiger partial charge on any atom is -0.447 e. The number of amides is 1. The molecule has 0 bridgehead atoms. The number of aromatic amines is 1. The number of rotatable bonds is 5. The fourth-order valence-corrected chi connectivity index (χ4v) is 4.93. The summed E-state index contributed by atoms with van der Waals surface area (Å²) >= 11 is 0. The average molecular weight is 468 g/mol. The van der Waals surface area contributed by atoms with Crippen molar-refractivity contribution in [2.24, 2.45) is 7.05 Å². The number of carbonyl (C=O) groups excluding carboxylic acids is 1. The second kappa shape index (κ2) is 7.30. The Balaban J connectivity index is 1.59. The van der Waals surface area contributed by atoms with Crippen LogP contribution in [0.3, 0.4) is 0 Å². The number of aryl methyl sites for hydroxylation is 1. The molecule has 4 heterocycles. The van der Waals surface area contributed by atoms with Gasteiger partial charge < -0.3 is 4.74 Å². The van der Waals surface area contributed by atoms with E-state index in [1.54, 1.807) is 47.1 Å². The molecule has 0 atom stereocenters. The van der Waals surface area contributed by atoms with Crippen LogP contribution in [0.2, 0.25) is 0 Å². The first kappa shape index (κ1) is 20.9. The standard InChI is InChI=1S/C21H21N7O4S/c1-21(2)12-32-20(29)28(21)13-7-8-22-17(9-13)18-15-5-4-6-16(19(15)27(3)25-18)26-33(30,31)14-10-23-24-11-14/h4-11,26H,12H2,1-3H3,(H,23,24). The van der Waals surface area contributed by atoms with Crippen LogP contribution in [-0.4, -0.2) is 51.6 Å². The Labute approximate surface area is 189 Å². The number of hydrogen-bond acceptors (Lipinski definition) is 7. The molecule has 1 saturated heterocycles. The number of para-hydroxylation sites is 1. The van der Waals surface area contributed by atoms with Crippen LogP contribution in [0.25, 0.3) is 22.3 Å². The molecule has 170 valence electrons. The summed E-state index contributed by atoms with van der Waals surface area (Å²) in [6.07, 6.45) is 3.73. The van der Waals surface area contributed by atoms with Crippen LogP contribution in [0, 0.1) is 0 Å². The summed E-state index contributed by atoms with van der Waals surface area (Å²) in [6.45, 7) is 4.13. The smallest absolute Gasteiger partial charge is 0.414 e. The monoisotopic (exact) mass is 467 g/mol. The molecular weight excluding hydrogens is 446 g/mol. The fraction of sp³-hybridized carbons (Fsp3) is 0.238. The van der Waals surface area contributed by atoms with Crippen LogP contribution >= 0.6 is 0 Å². The molecule has 4 aromatic rings. The second-order valence-electron chi connectivity index (χ2n) is 8.32. The summed E-state index contributed by atoms with van der Waals surface area (Å²) in [6, 6.07) is 8.77. The van der Waals surface area contributed by atoms with Gasteiger partial charge in [-0.15, -0.1) is 0 Å². The lowest BCUT2D eigenvalue weighted by Gasteiger charge is -2.27. The Morgan fingerprint density at radius 3 is 2.76 bits per heavy atom. The van der Waals surface area contributed by atoms with Crippen LogP contribution in [0.15, 0.2) is 53.8 Å². The number of ether oxygens (including phenoxy) is 1. The predicted octanol–water partition coefficient (Wildman–Crippen LogP) is 2.89. The van der Waals surface area contributed by atoms with E-state index >= 15 is 0 Å². The van der Waals surface area contributed by atoms with Gasteiger partial charge in [-0.05, 0) is 32.0 Å². The highest BCUT2D eigenvalue weighted by molar-refractivity contribution is 7.92. The van der Waals surface area contributed by atoms with Gasteiger partial charge >= 0.3 is 6.09 Å². The van der Waals surface area contributed by atoms with Crippen molar-refractivity contribution in [3.8, 4) is 11.4 Å². The van der Waals surface area contributed by atoms with Gasteiger partial charge in [-0.3, -0.25) is 24.4 Å². The molecule has 1 amide bonds. The van der Waals surface area contributed by atoms with Crippen molar-refractivity contribution < 1.29 is 17.9 Å². The molecule has 3 aromatic heterocycles. The highest BCUT2D eigenvalue weighted by Crippen LogP contribution is 2.35. The van der Waals surface area contributed by atoms with E-state index in [1.165, 1.54) is 12.4 Å². The van der Waals surface area contributed by atoms with Crippen molar-refractivity contribution in [3.63, 3.8) is 0 Å². The Hall–Kier alpha value is -3.93. The summed E-state index contributed by atoms with van der Waals surface area (Å²) in [5.74, 6) is 0. The summed E-state index contributed by atoms with van der Waals surface area (Å²) in [4.78, 5) is 18.4. The Bertz CT molecular complexity index is 1480. The zero-order valence-electron chi connectivity index (χ0n) is 18.1. The molecule has 11 nitrogen and oxygen atoms in total. The van der Waals surface area contributed by atoms with E-state index in [0.29, 0.717) is 33.7 Å². The van der Waals surface area contributed by atoms with E-state index in [0.717, 1.165) is 0 Å². The third kappa shape index (κ3) is 3.48. The maximum absolute atomic E-state index is 12.7. The molecule has 0 saturated carbocycles. The summed E-state index contributed by atoms with van der Waals surface area (Å²) in [7, 11) is -2.10. The van der Waals surface area contributed by atoms with Crippen LogP contribution in [0.4, 0.5) is 16.2 Å². The van der Waals surface area contributed by atoms with Gasteiger partial charge in [0, 0.05) is 24.8 Å². The number of sulfonamides is 1. The maximum atomic E-state index is 12.7. The number of pyridine rings is 1. The second-order valence-corrected chi connectivity index (χ2v) is 10.00. The number of aromatic nitrogens is 5. The Morgan fingerprint density at radius 1 is 1.24 bits per heavy atom. The molecular formula is C21H21N7O4S. The molecule has 1 fully saturated rings. The molecule has 2 N–H and O–H groups in total. The molecule has 0 unspecified atom stereocenters. The van der Waals surface area contributed by atoms with E-state index in [1.807, 2.05) is 19.9 Å². The number of anilines is 2. The number of fused-ring (bicyclic) bond motifs is 1. The quantitative estimate of drug-likeness (QED) is 0.461. The van der Waals surface area contributed by atoms with Crippen molar-refractivity contribution in [3.05, 3.63) is 48.9 Å². The Kier molecular flexibility index (Phi) is 4.64. The van der Waals surface area contributed by atoms with Gasteiger partial charge in [0.2, 0.25) is 0 Å². The van der Waals surface area contributed by atoms with Gasteiger partial charge in [-0.25, -0.2) is 13.2 Å². The van der Waals surface area contributed by atoms with E-state index < -0.39 is 21.7 Å². The molecule has 0 spiro atoms. The predicted molar refractivity (Wildman–Crippen MR) is 121 cm³/mol. The van der Waals surface area contributed by atoms with Gasteiger partial charge in [0.1, 0.15) is 17.2 Å². The maximum Gasteiger partial charge on any atom is 0.414 e. The molecule has 0 radical (unpaired) electrons. The molecule has 1 aliphatic rings. The van der Waals surface area contributed by atoms with Gasteiger partial charge in [-0.1, -0.05) is 12.1 Å². The van der Waals surface area contributed by atoms with E-state index in [4.69, 9.17) is 4.74 Å². The Morgan fingerprint density at radius 2 is 2.06 bits per heavy atom. The van der Waals surface area contributed by atoms with Gasteiger partial charge in [0.15, 0.2) is 0 Å². The highest BCUT2D eigenvalue weighted by atomic mass is 32.2. The third-order valence-electron chi connectivity index (χ3n) is 5.47. The number of cyclic esters (lactones) is 1. The molecule has 5 rings (SSSR count). The number of nitrogens with one attached hydrogen (secondary N) is 2. The third-order valence-corrected chi connectivity index (χ3v) is 6.81. The van der Waals surface area contributed by atoms with Gasteiger partial charge in [-0.2, -0.15) is 10.2 Å². The molecule has 33 heavy (non-hydrogen) atoms. The van der Waals surface area contributed by atoms with E-state index in [9.17, 15) is 13.2 Å². The first-order valence-electron chi connectivity index (χ1n) is 10.1.